The maximum absolute atomic E-state index is 11.7. The predicted molar refractivity (Wildman–Crippen MR) is 64.0 cm³/mol. The first kappa shape index (κ1) is 12.4. The van der Waals surface area contributed by atoms with E-state index in [4.69, 9.17) is 22.0 Å². The van der Waals surface area contributed by atoms with Crippen molar-refractivity contribution in [3.05, 3.63) is 28.8 Å². The fraction of sp³-hybridized carbons (Fsp3) is 0.250. The second-order valence-corrected chi connectivity index (χ2v) is 4.49. The van der Waals surface area contributed by atoms with Crippen LogP contribution >= 0.6 is 11.6 Å². The maximum Gasteiger partial charge on any atom is 0.307 e. The zero-order valence-corrected chi connectivity index (χ0v) is 9.94. The Morgan fingerprint density at radius 1 is 1.44 bits per heavy atom. The SMILES string of the molecule is N#Cc1ccc(NC(=O)[C@@H]2C[C@@H]2C(=O)O)cc1Cl. The van der Waals surface area contributed by atoms with Gasteiger partial charge in [0.2, 0.25) is 5.91 Å². The number of hydrogen-bond acceptors (Lipinski definition) is 3. The number of nitrogens with zero attached hydrogens (tertiary/aromatic N) is 1. The minimum atomic E-state index is -0.951. The third kappa shape index (κ3) is 2.44. The Morgan fingerprint density at radius 2 is 2.17 bits per heavy atom. The zero-order valence-electron chi connectivity index (χ0n) is 9.18. The molecule has 0 aliphatic heterocycles. The van der Waals surface area contributed by atoms with Gasteiger partial charge in [0, 0.05) is 5.69 Å². The van der Waals surface area contributed by atoms with Crippen molar-refractivity contribution in [1.82, 2.24) is 0 Å². The average molecular weight is 265 g/mol. The molecule has 0 spiro atoms. The van der Waals surface area contributed by atoms with Gasteiger partial charge in [-0.05, 0) is 24.6 Å². The van der Waals surface area contributed by atoms with Gasteiger partial charge in [-0.15, -0.1) is 0 Å². The quantitative estimate of drug-likeness (QED) is 0.872. The van der Waals surface area contributed by atoms with Crippen LogP contribution in [0.2, 0.25) is 5.02 Å². The van der Waals surface area contributed by atoms with Crippen LogP contribution in [0.1, 0.15) is 12.0 Å². The molecule has 1 aromatic rings. The molecule has 1 fully saturated rings. The highest BCUT2D eigenvalue weighted by Crippen LogP contribution is 2.39. The molecule has 1 amide bonds. The number of carbonyl (C=O) groups excluding carboxylic acids is 1. The Bertz CT molecular complexity index is 565. The van der Waals surface area contributed by atoms with E-state index < -0.39 is 17.8 Å². The molecule has 0 aromatic heterocycles. The first-order valence-electron chi connectivity index (χ1n) is 5.26. The lowest BCUT2D eigenvalue weighted by atomic mass is 10.2. The van der Waals surface area contributed by atoms with E-state index in [0.29, 0.717) is 17.7 Å². The van der Waals surface area contributed by atoms with Crippen molar-refractivity contribution in [2.24, 2.45) is 11.8 Å². The van der Waals surface area contributed by atoms with E-state index >= 15 is 0 Å². The number of carbonyl (C=O) groups is 2. The van der Waals surface area contributed by atoms with Gasteiger partial charge in [-0.3, -0.25) is 9.59 Å². The number of carboxylic acids is 1. The van der Waals surface area contributed by atoms with Crippen molar-refractivity contribution in [1.29, 1.82) is 5.26 Å². The number of hydrogen-bond donors (Lipinski definition) is 2. The van der Waals surface area contributed by atoms with Crippen molar-refractivity contribution >= 4 is 29.2 Å². The molecule has 2 N–H and O–H groups in total. The molecule has 0 radical (unpaired) electrons. The van der Waals surface area contributed by atoms with E-state index in [0.717, 1.165) is 0 Å². The molecule has 0 bridgehead atoms. The normalized spacial score (nSPS) is 20.9. The molecule has 1 aliphatic rings. The molecular formula is C12H9ClN2O3. The van der Waals surface area contributed by atoms with Crippen molar-refractivity contribution in [3.8, 4) is 6.07 Å². The summed E-state index contributed by atoms with van der Waals surface area (Å²) < 4.78 is 0. The molecule has 92 valence electrons. The van der Waals surface area contributed by atoms with Gasteiger partial charge in [0.1, 0.15) is 6.07 Å². The minimum absolute atomic E-state index is 0.251. The van der Waals surface area contributed by atoms with Gasteiger partial charge in [0.05, 0.1) is 22.4 Å². The van der Waals surface area contributed by atoms with Gasteiger partial charge >= 0.3 is 5.97 Å². The first-order valence-corrected chi connectivity index (χ1v) is 5.64. The van der Waals surface area contributed by atoms with Gasteiger partial charge < -0.3 is 10.4 Å². The molecule has 5 nitrogen and oxygen atoms in total. The predicted octanol–water partition coefficient (Wildman–Crippen LogP) is 1.87. The van der Waals surface area contributed by atoms with Crippen LogP contribution in [0.25, 0.3) is 0 Å². The van der Waals surface area contributed by atoms with Crippen LogP contribution in [-0.2, 0) is 9.59 Å². The number of nitrogens with one attached hydrogen (secondary N) is 1. The van der Waals surface area contributed by atoms with Gasteiger partial charge in [-0.2, -0.15) is 5.26 Å². The van der Waals surface area contributed by atoms with Crippen LogP contribution in [0, 0.1) is 23.2 Å². The summed E-state index contributed by atoms with van der Waals surface area (Å²) in [6, 6.07) is 6.43. The van der Waals surface area contributed by atoms with Crippen molar-refractivity contribution < 1.29 is 14.7 Å². The fourth-order valence-electron chi connectivity index (χ4n) is 1.68. The summed E-state index contributed by atoms with van der Waals surface area (Å²) in [4.78, 5) is 22.3. The van der Waals surface area contributed by atoms with Crippen LogP contribution in [0.3, 0.4) is 0 Å². The molecule has 0 unspecified atom stereocenters. The topological polar surface area (TPSA) is 90.2 Å². The third-order valence-corrected chi connectivity index (χ3v) is 3.11. The molecule has 2 rings (SSSR count). The Labute approximate surface area is 108 Å². The number of anilines is 1. The molecule has 6 heteroatoms. The van der Waals surface area contributed by atoms with Crippen molar-refractivity contribution in [2.45, 2.75) is 6.42 Å². The number of nitriles is 1. The van der Waals surface area contributed by atoms with Gasteiger partial charge in [0.15, 0.2) is 0 Å². The van der Waals surface area contributed by atoms with E-state index in [9.17, 15) is 9.59 Å². The lowest BCUT2D eigenvalue weighted by molar-refractivity contribution is -0.139. The highest BCUT2D eigenvalue weighted by atomic mass is 35.5. The van der Waals surface area contributed by atoms with Gasteiger partial charge in [0.25, 0.3) is 0 Å². The summed E-state index contributed by atoms with van der Waals surface area (Å²) >= 11 is 5.82. The van der Waals surface area contributed by atoms with E-state index in [-0.39, 0.29) is 10.9 Å². The Morgan fingerprint density at radius 3 is 2.67 bits per heavy atom. The molecule has 1 aromatic carbocycles. The maximum atomic E-state index is 11.7. The number of benzene rings is 1. The lowest BCUT2D eigenvalue weighted by Crippen LogP contribution is -2.16. The molecule has 18 heavy (non-hydrogen) atoms. The van der Waals surface area contributed by atoms with Crippen LogP contribution in [0.4, 0.5) is 5.69 Å². The number of halogens is 1. The fourth-order valence-corrected chi connectivity index (χ4v) is 1.90. The standard InChI is InChI=1S/C12H9ClN2O3/c13-10-3-7(2-1-6(10)5-14)15-11(16)8-4-9(8)12(17)18/h1-3,8-9H,4H2,(H,15,16)(H,17,18)/t8-,9+/m1/s1. The van der Waals surface area contributed by atoms with E-state index in [1.54, 1.807) is 6.07 Å². The monoisotopic (exact) mass is 264 g/mol. The smallest absolute Gasteiger partial charge is 0.307 e. The average Bonchev–Trinajstić information content (AvgIpc) is 3.09. The summed E-state index contributed by atoms with van der Waals surface area (Å²) in [5.41, 5.74) is 0.782. The van der Waals surface area contributed by atoms with Crippen LogP contribution in [-0.4, -0.2) is 17.0 Å². The summed E-state index contributed by atoms with van der Waals surface area (Å²) in [5, 5.41) is 20.2. The number of amides is 1. The summed E-state index contributed by atoms with van der Waals surface area (Å²) in [7, 11) is 0. The molecule has 2 atom stereocenters. The van der Waals surface area contributed by atoms with Crippen LogP contribution in [0.5, 0.6) is 0 Å². The minimum Gasteiger partial charge on any atom is -0.481 e. The molecule has 0 saturated heterocycles. The van der Waals surface area contributed by atoms with Crippen molar-refractivity contribution in [2.75, 3.05) is 5.32 Å². The number of aliphatic carboxylic acids is 1. The van der Waals surface area contributed by atoms with Crippen LogP contribution < -0.4 is 5.32 Å². The lowest BCUT2D eigenvalue weighted by Gasteiger charge is -2.05. The number of rotatable bonds is 3. The molecule has 0 heterocycles. The first-order chi connectivity index (χ1) is 8.52. The summed E-state index contributed by atoms with van der Waals surface area (Å²) in [6.45, 7) is 0. The van der Waals surface area contributed by atoms with Gasteiger partial charge in [-0.25, -0.2) is 0 Å². The van der Waals surface area contributed by atoms with Gasteiger partial charge in [-0.1, -0.05) is 11.6 Å². The zero-order chi connectivity index (χ0) is 13.3. The molecule has 1 saturated carbocycles. The summed E-state index contributed by atoms with van der Waals surface area (Å²) in [6.07, 6.45) is 0.366. The van der Waals surface area contributed by atoms with E-state index in [2.05, 4.69) is 5.32 Å². The van der Waals surface area contributed by atoms with E-state index in [1.807, 2.05) is 6.07 Å². The molecular weight excluding hydrogens is 256 g/mol. The van der Waals surface area contributed by atoms with Crippen molar-refractivity contribution in [3.63, 3.8) is 0 Å². The molecule has 1 aliphatic carbocycles. The second kappa shape index (κ2) is 4.67. The highest BCUT2D eigenvalue weighted by molar-refractivity contribution is 6.32. The Kier molecular flexibility index (Phi) is 3.21. The second-order valence-electron chi connectivity index (χ2n) is 4.08. The Balaban J connectivity index is 2.03. The largest absolute Gasteiger partial charge is 0.481 e. The Hall–Kier alpha value is -2.06. The van der Waals surface area contributed by atoms with E-state index in [1.165, 1.54) is 12.1 Å². The third-order valence-electron chi connectivity index (χ3n) is 2.80. The number of carboxylic acid groups (broad SMARTS) is 1. The highest BCUT2D eigenvalue weighted by Gasteiger charge is 2.48. The van der Waals surface area contributed by atoms with Crippen LogP contribution in [0.15, 0.2) is 18.2 Å². The summed E-state index contributed by atoms with van der Waals surface area (Å²) in [5.74, 6) is -2.34.